The van der Waals surface area contributed by atoms with Gasteiger partial charge in [-0.05, 0) is 19.8 Å². The number of nitrogens with two attached hydrogens (primary N) is 2. The van der Waals surface area contributed by atoms with Crippen molar-refractivity contribution in [1.29, 1.82) is 0 Å². The number of aryl methyl sites for hydroxylation is 1. The summed E-state index contributed by atoms with van der Waals surface area (Å²) in [7, 11) is -2.05. The Bertz CT molecular complexity index is 564. The van der Waals surface area contributed by atoms with Gasteiger partial charge >= 0.3 is 0 Å². The molecule has 1 heterocycles. The molecule has 9 heteroatoms. The predicted octanol–water partition coefficient (Wildman–Crippen LogP) is -0.755. The van der Waals surface area contributed by atoms with Gasteiger partial charge < -0.3 is 11.5 Å². The topological polar surface area (TPSA) is 133 Å². The number of nitrogens with zero attached hydrogens (tertiary/aromatic N) is 2. The van der Waals surface area contributed by atoms with E-state index in [2.05, 4.69) is 9.82 Å². The lowest BCUT2D eigenvalue weighted by Crippen LogP contribution is -2.26. The largest absolute Gasteiger partial charge is 0.381 e. The second-order valence-electron chi connectivity index (χ2n) is 4.24. The van der Waals surface area contributed by atoms with Gasteiger partial charge in [-0.1, -0.05) is 0 Å². The Labute approximate surface area is 112 Å². The van der Waals surface area contributed by atoms with E-state index < -0.39 is 15.9 Å². The summed E-state index contributed by atoms with van der Waals surface area (Å²) in [6.07, 6.45) is 1.32. The zero-order valence-electron chi connectivity index (χ0n) is 11.0. The van der Waals surface area contributed by atoms with E-state index in [0.717, 1.165) is 0 Å². The number of sulfonamides is 1. The lowest BCUT2D eigenvalue weighted by molar-refractivity contribution is -0.118. The van der Waals surface area contributed by atoms with E-state index >= 15 is 0 Å². The second kappa shape index (κ2) is 6.02. The lowest BCUT2D eigenvalue weighted by Gasteiger charge is -2.06. The first-order valence-corrected chi connectivity index (χ1v) is 7.31. The third kappa shape index (κ3) is 3.93. The van der Waals surface area contributed by atoms with Gasteiger partial charge in [0.05, 0.1) is 5.69 Å². The van der Waals surface area contributed by atoms with Crippen molar-refractivity contribution in [1.82, 2.24) is 14.5 Å². The van der Waals surface area contributed by atoms with E-state index in [-0.39, 0.29) is 23.7 Å². The van der Waals surface area contributed by atoms with Gasteiger partial charge in [0.25, 0.3) is 0 Å². The fraction of sp³-hybridized carbons (Fsp3) is 0.600. The monoisotopic (exact) mass is 289 g/mol. The van der Waals surface area contributed by atoms with Crippen molar-refractivity contribution in [2.24, 2.45) is 12.8 Å². The standard InChI is InChI=1S/C10H19N5O3S/c1-7-9(10(12)14-15(7)2)19(17,18)13-6-4-3-5-8(11)16/h13H,3-6H2,1-2H3,(H2,11,16)(H2,12,14). The van der Waals surface area contributed by atoms with Crippen LogP contribution in [-0.2, 0) is 21.9 Å². The quantitative estimate of drug-likeness (QED) is 0.568. The zero-order valence-corrected chi connectivity index (χ0v) is 11.8. The van der Waals surface area contributed by atoms with E-state index in [0.29, 0.717) is 18.5 Å². The van der Waals surface area contributed by atoms with Gasteiger partial charge in [0.15, 0.2) is 5.82 Å². The number of carbonyl (C=O) groups is 1. The minimum absolute atomic E-state index is 0.00454. The van der Waals surface area contributed by atoms with Gasteiger partial charge in [0.2, 0.25) is 15.9 Å². The molecular weight excluding hydrogens is 270 g/mol. The van der Waals surface area contributed by atoms with Gasteiger partial charge in [-0.3, -0.25) is 9.48 Å². The van der Waals surface area contributed by atoms with Crippen LogP contribution in [0.1, 0.15) is 25.0 Å². The maximum absolute atomic E-state index is 12.0. The molecule has 0 aliphatic carbocycles. The van der Waals surface area contributed by atoms with Gasteiger partial charge in [-0.15, -0.1) is 0 Å². The molecule has 1 aromatic rings. The second-order valence-corrected chi connectivity index (χ2v) is 5.95. The first-order chi connectivity index (χ1) is 8.75. The van der Waals surface area contributed by atoms with E-state index in [1.54, 1.807) is 14.0 Å². The highest BCUT2D eigenvalue weighted by Gasteiger charge is 2.23. The summed E-state index contributed by atoms with van der Waals surface area (Å²) in [4.78, 5) is 10.5. The molecule has 19 heavy (non-hydrogen) atoms. The smallest absolute Gasteiger partial charge is 0.246 e. The number of rotatable bonds is 7. The number of aromatic nitrogens is 2. The third-order valence-corrected chi connectivity index (χ3v) is 4.34. The van der Waals surface area contributed by atoms with E-state index in [1.807, 2.05) is 0 Å². The minimum atomic E-state index is -3.68. The maximum atomic E-state index is 12.0. The van der Waals surface area contributed by atoms with Crippen LogP contribution in [0.2, 0.25) is 0 Å². The molecule has 1 amide bonds. The number of carbonyl (C=O) groups excluding carboxylic acids is 1. The van der Waals surface area contributed by atoms with Gasteiger partial charge in [0.1, 0.15) is 4.90 Å². The number of unbranched alkanes of at least 4 members (excludes halogenated alkanes) is 1. The number of nitrogen functional groups attached to an aromatic ring is 1. The fourth-order valence-electron chi connectivity index (χ4n) is 1.65. The van der Waals surface area contributed by atoms with Crippen molar-refractivity contribution in [3.63, 3.8) is 0 Å². The van der Waals surface area contributed by atoms with Crippen molar-refractivity contribution in [3.8, 4) is 0 Å². The van der Waals surface area contributed by atoms with Crippen molar-refractivity contribution < 1.29 is 13.2 Å². The number of anilines is 1. The molecule has 0 spiro atoms. The average molecular weight is 289 g/mol. The predicted molar refractivity (Wildman–Crippen MR) is 70.6 cm³/mol. The van der Waals surface area contributed by atoms with Crippen LogP contribution in [-0.4, -0.2) is 30.7 Å². The number of nitrogens with one attached hydrogen (secondary N) is 1. The molecule has 0 aromatic carbocycles. The van der Waals surface area contributed by atoms with Gasteiger partial charge in [0, 0.05) is 20.0 Å². The molecular formula is C10H19N5O3S. The Hall–Kier alpha value is -1.61. The van der Waals surface area contributed by atoms with Crippen molar-refractivity contribution >= 4 is 21.7 Å². The van der Waals surface area contributed by atoms with Gasteiger partial charge in [-0.2, -0.15) is 5.10 Å². The van der Waals surface area contributed by atoms with Crippen LogP contribution < -0.4 is 16.2 Å². The third-order valence-electron chi connectivity index (χ3n) is 2.72. The molecule has 0 bridgehead atoms. The van der Waals surface area contributed by atoms with Crippen LogP contribution in [0.15, 0.2) is 4.90 Å². The molecule has 0 unspecified atom stereocenters. The fourth-order valence-corrected chi connectivity index (χ4v) is 3.04. The normalized spacial score (nSPS) is 11.7. The minimum Gasteiger partial charge on any atom is -0.381 e. The number of hydrogen-bond acceptors (Lipinski definition) is 5. The maximum Gasteiger partial charge on any atom is 0.246 e. The molecule has 0 saturated carbocycles. The summed E-state index contributed by atoms with van der Waals surface area (Å²) in [6, 6.07) is 0. The molecule has 1 aromatic heterocycles. The Kier molecular flexibility index (Phi) is 4.90. The molecule has 8 nitrogen and oxygen atoms in total. The zero-order chi connectivity index (χ0) is 14.6. The van der Waals surface area contributed by atoms with Crippen molar-refractivity contribution in [3.05, 3.63) is 5.69 Å². The van der Waals surface area contributed by atoms with Crippen LogP contribution in [0.4, 0.5) is 5.82 Å². The highest BCUT2D eigenvalue weighted by molar-refractivity contribution is 7.89. The summed E-state index contributed by atoms with van der Waals surface area (Å²) < 4.78 is 27.9. The van der Waals surface area contributed by atoms with Crippen LogP contribution >= 0.6 is 0 Å². The molecule has 0 aliphatic rings. The first kappa shape index (κ1) is 15.4. The molecule has 108 valence electrons. The summed E-state index contributed by atoms with van der Waals surface area (Å²) in [5.74, 6) is -0.417. The Morgan fingerprint density at radius 1 is 1.42 bits per heavy atom. The molecule has 0 radical (unpaired) electrons. The average Bonchev–Trinajstić information content (AvgIpc) is 2.52. The number of hydrogen-bond donors (Lipinski definition) is 3. The highest BCUT2D eigenvalue weighted by atomic mass is 32.2. The highest BCUT2D eigenvalue weighted by Crippen LogP contribution is 2.20. The van der Waals surface area contributed by atoms with Gasteiger partial charge in [-0.25, -0.2) is 13.1 Å². The Balaban J connectivity index is 2.64. The van der Waals surface area contributed by atoms with Crippen LogP contribution in [0.5, 0.6) is 0 Å². The molecule has 0 saturated heterocycles. The Morgan fingerprint density at radius 2 is 2.05 bits per heavy atom. The SMILES string of the molecule is Cc1c(S(=O)(=O)NCCCCC(N)=O)c(N)nn1C. The van der Waals surface area contributed by atoms with E-state index in [9.17, 15) is 13.2 Å². The molecule has 5 N–H and O–H groups in total. The number of primary amides is 1. The van der Waals surface area contributed by atoms with Crippen molar-refractivity contribution in [2.45, 2.75) is 31.1 Å². The van der Waals surface area contributed by atoms with E-state index in [4.69, 9.17) is 11.5 Å². The van der Waals surface area contributed by atoms with Crippen molar-refractivity contribution in [2.75, 3.05) is 12.3 Å². The number of amides is 1. The molecule has 0 atom stereocenters. The van der Waals surface area contributed by atoms with E-state index in [1.165, 1.54) is 4.68 Å². The summed E-state index contributed by atoms with van der Waals surface area (Å²) in [6.45, 7) is 1.86. The summed E-state index contributed by atoms with van der Waals surface area (Å²) in [5, 5.41) is 3.86. The Morgan fingerprint density at radius 3 is 2.53 bits per heavy atom. The summed E-state index contributed by atoms with van der Waals surface area (Å²) >= 11 is 0. The van der Waals surface area contributed by atoms with Crippen LogP contribution in [0.25, 0.3) is 0 Å². The molecule has 0 fully saturated rings. The first-order valence-electron chi connectivity index (χ1n) is 5.82. The molecule has 1 rings (SSSR count). The molecule has 0 aliphatic heterocycles. The van der Waals surface area contributed by atoms with Crippen LogP contribution in [0.3, 0.4) is 0 Å². The van der Waals surface area contributed by atoms with Crippen LogP contribution in [0, 0.1) is 6.92 Å². The lowest BCUT2D eigenvalue weighted by atomic mass is 10.2. The summed E-state index contributed by atoms with van der Waals surface area (Å²) in [5.41, 5.74) is 11.0.